The number of nitrogens with one attached hydrogen (secondary N) is 1. The lowest BCUT2D eigenvalue weighted by molar-refractivity contribution is -0.145. The van der Waals surface area contributed by atoms with Gasteiger partial charge in [0.05, 0.1) is 12.5 Å². The zero-order chi connectivity index (χ0) is 13.3. The normalized spacial score (nSPS) is 24.9. The Labute approximate surface area is 107 Å². The van der Waals surface area contributed by atoms with Crippen LogP contribution < -0.4 is 5.32 Å². The van der Waals surface area contributed by atoms with Crippen LogP contribution in [0.2, 0.25) is 0 Å². The van der Waals surface area contributed by atoms with E-state index in [2.05, 4.69) is 5.32 Å². The van der Waals surface area contributed by atoms with E-state index in [1.54, 1.807) is 6.92 Å². The molecular weight excluding hydrogens is 265 g/mol. The van der Waals surface area contributed by atoms with Gasteiger partial charge in [-0.05, 0) is 18.4 Å². The van der Waals surface area contributed by atoms with E-state index in [-0.39, 0.29) is 12.5 Å². The van der Waals surface area contributed by atoms with Gasteiger partial charge in [0.1, 0.15) is 6.17 Å². The summed E-state index contributed by atoms with van der Waals surface area (Å²) in [6.07, 6.45) is -5.66. The van der Waals surface area contributed by atoms with Crippen molar-refractivity contribution in [3.63, 3.8) is 0 Å². The fourth-order valence-electron chi connectivity index (χ4n) is 1.94. The van der Waals surface area contributed by atoms with Crippen molar-refractivity contribution in [3.05, 3.63) is 22.4 Å². The zero-order valence-corrected chi connectivity index (χ0v) is 10.5. The maximum atomic E-state index is 12.2. The van der Waals surface area contributed by atoms with Gasteiger partial charge < -0.3 is 4.90 Å². The number of hydrogen-bond donors (Lipinski definition) is 1. The van der Waals surface area contributed by atoms with Crippen LogP contribution in [0.5, 0.6) is 0 Å². The molecule has 2 heterocycles. The molecule has 2 rings (SSSR count). The fourth-order valence-corrected chi connectivity index (χ4v) is 2.74. The molecule has 0 bridgehead atoms. The summed E-state index contributed by atoms with van der Waals surface area (Å²) in [5.41, 5.74) is 0. The molecule has 18 heavy (non-hydrogen) atoms. The summed E-state index contributed by atoms with van der Waals surface area (Å²) in [7, 11) is 0. The summed E-state index contributed by atoms with van der Waals surface area (Å²) in [6.45, 7) is 1.36. The lowest BCUT2D eigenvalue weighted by atomic mass is 10.3. The molecule has 1 N–H and O–H groups in total. The van der Waals surface area contributed by atoms with Gasteiger partial charge in [0, 0.05) is 11.4 Å². The minimum atomic E-state index is -4.24. The number of nitrogens with zero attached hydrogens (tertiary/aromatic N) is 1. The molecular formula is C11H13F3N2OS. The molecule has 7 heteroatoms. The van der Waals surface area contributed by atoms with Crippen LogP contribution in [0.15, 0.2) is 17.5 Å². The standard InChI is InChI=1S/C11H13F3N2OS/c1-7-10(17)16(5-4-11(12,13)14)9(15-7)8-3-2-6-18-8/h2-3,6-7,9,15H,4-5H2,1H3. The number of carbonyl (C=O) groups excluding carboxylic acids is 1. The van der Waals surface area contributed by atoms with E-state index in [4.69, 9.17) is 0 Å². The van der Waals surface area contributed by atoms with Gasteiger partial charge in [-0.2, -0.15) is 13.2 Å². The topological polar surface area (TPSA) is 32.3 Å². The highest BCUT2D eigenvalue weighted by molar-refractivity contribution is 7.10. The number of rotatable bonds is 3. The number of thiophene rings is 1. The highest BCUT2D eigenvalue weighted by atomic mass is 32.1. The molecule has 0 aliphatic carbocycles. The van der Waals surface area contributed by atoms with Crippen molar-refractivity contribution < 1.29 is 18.0 Å². The number of alkyl halides is 3. The van der Waals surface area contributed by atoms with E-state index in [1.165, 1.54) is 16.2 Å². The predicted octanol–water partition coefficient (Wildman–Crippen LogP) is 2.52. The second-order valence-corrected chi connectivity index (χ2v) is 5.18. The number of halogens is 3. The van der Waals surface area contributed by atoms with Crippen molar-refractivity contribution in [1.82, 2.24) is 10.2 Å². The maximum Gasteiger partial charge on any atom is 0.390 e. The molecule has 1 aromatic heterocycles. The van der Waals surface area contributed by atoms with E-state index in [9.17, 15) is 18.0 Å². The first-order chi connectivity index (χ1) is 8.38. The van der Waals surface area contributed by atoms with Crippen LogP contribution in [-0.2, 0) is 4.79 Å². The monoisotopic (exact) mass is 278 g/mol. The van der Waals surface area contributed by atoms with Crippen LogP contribution in [-0.4, -0.2) is 29.6 Å². The average molecular weight is 278 g/mol. The lowest BCUT2D eigenvalue weighted by Crippen LogP contribution is -2.33. The van der Waals surface area contributed by atoms with Crippen molar-refractivity contribution in [2.75, 3.05) is 6.54 Å². The van der Waals surface area contributed by atoms with Crippen LogP contribution in [0, 0.1) is 0 Å². The van der Waals surface area contributed by atoms with Crippen molar-refractivity contribution in [1.29, 1.82) is 0 Å². The fraction of sp³-hybridized carbons (Fsp3) is 0.545. The molecule has 0 radical (unpaired) electrons. The molecule has 1 fully saturated rings. The van der Waals surface area contributed by atoms with E-state index >= 15 is 0 Å². The summed E-state index contributed by atoms with van der Waals surface area (Å²) in [5, 5.41) is 4.85. The Balaban J connectivity index is 2.11. The van der Waals surface area contributed by atoms with Gasteiger partial charge in [0.25, 0.3) is 0 Å². The Bertz CT molecular complexity index is 418. The highest BCUT2D eigenvalue weighted by Gasteiger charge is 2.39. The Morgan fingerprint density at radius 2 is 2.22 bits per heavy atom. The Morgan fingerprint density at radius 3 is 2.78 bits per heavy atom. The largest absolute Gasteiger partial charge is 0.390 e. The quantitative estimate of drug-likeness (QED) is 0.921. The molecule has 2 unspecified atom stereocenters. The first-order valence-corrected chi connectivity index (χ1v) is 6.43. The molecule has 1 saturated heterocycles. The molecule has 1 aliphatic heterocycles. The summed E-state index contributed by atoms with van der Waals surface area (Å²) in [6, 6.07) is 3.19. The van der Waals surface area contributed by atoms with Crippen LogP contribution in [0.3, 0.4) is 0 Å². The van der Waals surface area contributed by atoms with Crippen LogP contribution in [0.25, 0.3) is 0 Å². The summed E-state index contributed by atoms with van der Waals surface area (Å²) in [5.74, 6) is -0.280. The van der Waals surface area contributed by atoms with Gasteiger partial charge in [0.15, 0.2) is 0 Å². The molecule has 1 aromatic rings. The molecule has 1 aliphatic rings. The Hall–Kier alpha value is -1.08. The van der Waals surface area contributed by atoms with E-state index in [0.29, 0.717) is 0 Å². The third-order valence-electron chi connectivity index (χ3n) is 2.82. The minimum absolute atomic E-state index is 0.280. The second kappa shape index (κ2) is 4.89. The lowest BCUT2D eigenvalue weighted by Gasteiger charge is -2.23. The first-order valence-electron chi connectivity index (χ1n) is 5.55. The van der Waals surface area contributed by atoms with E-state index < -0.39 is 24.8 Å². The van der Waals surface area contributed by atoms with Gasteiger partial charge in [-0.3, -0.25) is 10.1 Å². The zero-order valence-electron chi connectivity index (χ0n) is 9.70. The van der Waals surface area contributed by atoms with Gasteiger partial charge in [-0.1, -0.05) is 6.07 Å². The Kier molecular flexibility index (Phi) is 3.63. The van der Waals surface area contributed by atoms with E-state index in [1.807, 2.05) is 17.5 Å². The average Bonchev–Trinajstić information content (AvgIpc) is 2.85. The second-order valence-electron chi connectivity index (χ2n) is 4.20. The molecule has 0 saturated carbocycles. The summed E-state index contributed by atoms with van der Waals surface area (Å²) in [4.78, 5) is 14.0. The van der Waals surface area contributed by atoms with E-state index in [0.717, 1.165) is 4.88 Å². The molecule has 0 spiro atoms. The van der Waals surface area contributed by atoms with Crippen LogP contribution in [0.1, 0.15) is 24.4 Å². The SMILES string of the molecule is CC1NC(c2cccs2)N(CCC(F)(F)F)C1=O. The summed E-state index contributed by atoms with van der Waals surface area (Å²) < 4.78 is 36.7. The van der Waals surface area contributed by atoms with Crippen molar-refractivity contribution in [2.45, 2.75) is 31.7 Å². The number of hydrogen-bond acceptors (Lipinski definition) is 3. The number of amides is 1. The number of carbonyl (C=O) groups is 1. The highest BCUT2D eigenvalue weighted by Crippen LogP contribution is 2.30. The summed E-state index contributed by atoms with van der Waals surface area (Å²) >= 11 is 1.42. The smallest absolute Gasteiger partial charge is 0.320 e. The van der Waals surface area contributed by atoms with Crippen molar-refractivity contribution in [3.8, 4) is 0 Å². The molecule has 1 amide bonds. The molecule has 2 atom stereocenters. The van der Waals surface area contributed by atoms with Crippen LogP contribution in [0.4, 0.5) is 13.2 Å². The molecule has 0 aromatic carbocycles. The van der Waals surface area contributed by atoms with Crippen LogP contribution >= 0.6 is 11.3 Å². The van der Waals surface area contributed by atoms with Crippen molar-refractivity contribution in [2.24, 2.45) is 0 Å². The third kappa shape index (κ3) is 2.84. The molecule has 100 valence electrons. The minimum Gasteiger partial charge on any atom is -0.320 e. The Morgan fingerprint density at radius 1 is 1.50 bits per heavy atom. The van der Waals surface area contributed by atoms with Gasteiger partial charge in [0.2, 0.25) is 5.91 Å². The first kappa shape index (κ1) is 13.4. The third-order valence-corrected chi connectivity index (χ3v) is 3.75. The van der Waals surface area contributed by atoms with Gasteiger partial charge in [-0.25, -0.2) is 0 Å². The maximum absolute atomic E-state index is 12.2. The molecule has 3 nitrogen and oxygen atoms in total. The van der Waals surface area contributed by atoms with Gasteiger partial charge in [-0.15, -0.1) is 11.3 Å². The van der Waals surface area contributed by atoms with Crippen molar-refractivity contribution >= 4 is 17.2 Å². The van der Waals surface area contributed by atoms with Gasteiger partial charge >= 0.3 is 6.18 Å². The predicted molar refractivity (Wildman–Crippen MR) is 62.0 cm³/mol.